The monoisotopic (exact) mass is 313 g/mol. The Morgan fingerprint density at radius 2 is 1.91 bits per heavy atom. The molecule has 2 N–H and O–H groups in total. The number of rotatable bonds is 8. The van der Waals surface area contributed by atoms with Gasteiger partial charge in [-0.1, -0.05) is 19.9 Å². The summed E-state index contributed by atoms with van der Waals surface area (Å²) in [5.41, 5.74) is 0.521. The van der Waals surface area contributed by atoms with Crippen LogP contribution in [-0.2, 0) is 16.0 Å². The number of carbonyl (C=O) groups excluding carboxylic acids is 1. The van der Waals surface area contributed by atoms with E-state index < -0.39 is 23.6 Å². The van der Waals surface area contributed by atoms with Crippen LogP contribution in [0.2, 0.25) is 0 Å². The lowest BCUT2D eigenvalue weighted by atomic mass is 10.0. The minimum atomic E-state index is -0.966. The van der Waals surface area contributed by atoms with Crippen molar-refractivity contribution in [3.63, 3.8) is 0 Å². The normalized spacial score (nSPS) is 12.2. The summed E-state index contributed by atoms with van der Waals surface area (Å²) in [6.45, 7) is 3.89. The number of carboxylic acids is 1. The van der Waals surface area contributed by atoms with Crippen LogP contribution in [0.15, 0.2) is 18.2 Å². The first-order valence-electron chi connectivity index (χ1n) is 7.23. The molecule has 1 aromatic carbocycles. The molecule has 0 aliphatic rings. The van der Waals surface area contributed by atoms with Gasteiger partial charge in [0.1, 0.15) is 0 Å². The van der Waals surface area contributed by atoms with Gasteiger partial charge in [0.15, 0.2) is 11.6 Å². The van der Waals surface area contributed by atoms with Crippen LogP contribution >= 0.6 is 0 Å². The number of aryl methyl sites for hydroxylation is 1. The molecule has 1 aromatic rings. The van der Waals surface area contributed by atoms with Gasteiger partial charge in [0.25, 0.3) is 0 Å². The summed E-state index contributed by atoms with van der Waals surface area (Å²) >= 11 is 0. The molecule has 4 nitrogen and oxygen atoms in total. The Morgan fingerprint density at radius 1 is 1.23 bits per heavy atom. The molecule has 0 fully saturated rings. The molecule has 6 heteroatoms. The van der Waals surface area contributed by atoms with Crippen LogP contribution in [0.25, 0.3) is 0 Å². The lowest BCUT2D eigenvalue weighted by Crippen LogP contribution is -2.37. The second-order valence-corrected chi connectivity index (χ2v) is 5.74. The second-order valence-electron chi connectivity index (χ2n) is 5.74. The van der Waals surface area contributed by atoms with Crippen molar-refractivity contribution in [3.8, 4) is 0 Å². The van der Waals surface area contributed by atoms with Gasteiger partial charge in [-0.2, -0.15) is 0 Å². The van der Waals surface area contributed by atoms with Crippen LogP contribution in [-0.4, -0.2) is 23.0 Å². The molecule has 0 saturated carbocycles. The highest BCUT2D eigenvalue weighted by molar-refractivity contribution is 5.77. The fourth-order valence-corrected chi connectivity index (χ4v) is 2.23. The van der Waals surface area contributed by atoms with Crippen molar-refractivity contribution in [1.82, 2.24) is 5.32 Å². The Labute approximate surface area is 128 Å². The SMILES string of the molecule is CC(C)C[C@@H](CC(=O)O)NC(=O)CCc1ccc(F)c(F)c1. The van der Waals surface area contributed by atoms with E-state index in [2.05, 4.69) is 5.32 Å². The molecule has 0 radical (unpaired) electrons. The number of amides is 1. The van der Waals surface area contributed by atoms with E-state index in [0.29, 0.717) is 12.0 Å². The number of halogens is 2. The summed E-state index contributed by atoms with van der Waals surface area (Å²) in [5.74, 6) is -2.87. The smallest absolute Gasteiger partial charge is 0.305 e. The first kappa shape index (κ1) is 18.1. The summed E-state index contributed by atoms with van der Waals surface area (Å²) in [7, 11) is 0. The summed E-state index contributed by atoms with van der Waals surface area (Å²) in [6, 6.07) is 3.09. The van der Waals surface area contributed by atoms with Gasteiger partial charge >= 0.3 is 5.97 Å². The molecule has 1 amide bonds. The molecule has 0 aliphatic heterocycles. The maximum Gasteiger partial charge on any atom is 0.305 e. The van der Waals surface area contributed by atoms with Gasteiger partial charge in [0.2, 0.25) is 5.91 Å². The molecular formula is C16H21F2NO3. The topological polar surface area (TPSA) is 66.4 Å². The van der Waals surface area contributed by atoms with E-state index in [1.807, 2.05) is 13.8 Å². The van der Waals surface area contributed by atoms with Gasteiger partial charge in [-0.3, -0.25) is 9.59 Å². The highest BCUT2D eigenvalue weighted by atomic mass is 19.2. The number of aliphatic carboxylic acids is 1. The highest BCUT2D eigenvalue weighted by Gasteiger charge is 2.17. The predicted octanol–water partition coefficient (Wildman–Crippen LogP) is 2.90. The molecule has 0 saturated heterocycles. The van der Waals surface area contributed by atoms with Gasteiger partial charge in [0, 0.05) is 12.5 Å². The minimum absolute atomic E-state index is 0.0965. The van der Waals surface area contributed by atoms with Crippen molar-refractivity contribution < 1.29 is 23.5 Å². The average Bonchev–Trinajstić information content (AvgIpc) is 2.38. The van der Waals surface area contributed by atoms with Crippen molar-refractivity contribution in [2.45, 2.75) is 45.6 Å². The van der Waals surface area contributed by atoms with Crippen molar-refractivity contribution in [2.24, 2.45) is 5.92 Å². The molecule has 0 heterocycles. The van der Waals surface area contributed by atoms with Crippen LogP contribution in [0.1, 0.15) is 38.7 Å². The second kappa shape index (κ2) is 8.46. The molecule has 0 spiro atoms. The van der Waals surface area contributed by atoms with Crippen LogP contribution in [0, 0.1) is 17.6 Å². The zero-order valence-electron chi connectivity index (χ0n) is 12.7. The average molecular weight is 313 g/mol. The van der Waals surface area contributed by atoms with E-state index >= 15 is 0 Å². The van der Waals surface area contributed by atoms with Crippen molar-refractivity contribution in [3.05, 3.63) is 35.4 Å². The molecular weight excluding hydrogens is 292 g/mol. The zero-order chi connectivity index (χ0) is 16.7. The van der Waals surface area contributed by atoms with Crippen molar-refractivity contribution in [1.29, 1.82) is 0 Å². The number of nitrogens with one attached hydrogen (secondary N) is 1. The molecule has 0 aromatic heterocycles. The molecule has 22 heavy (non-hydrogen) atoms. The first-order valence-corrected chi connectivity index (χ1v) is 7.23. The van der Waals surface area contributed by atoms with Crippen LogP contribution in [0.3, 0.4) is 0 Å². The molecule has 0 bridgehead atoms. The van der Waals surface area contributed by atoms with Gasteiger partial charge in [0.05, 0.1) is 6.42 Å². The van der Waals surface area contributed by atoms with Gasteiger partial charge < -0.3 is 10.4 Å². The fraction of sp³-hybridized carbons (Fsp3) is 0.500. The minimum Gasteiger partial charge on any atom is -0.481 e. The lowest BCUT2D eigenvalue weighted by molar-refractivity contribution is -0.137. The number of hydrogen-bond acceptors (Lipinski definition) is 2. The summed E-state index contributed by atoms with van der Waals surface area (Å²) < 4.78 is 25.9. The number of hydrogen-bond donors (Lipinski definition) is 2. The van der Waals surface area contributed by atoms with E-state index in [1.54, 1.807) is 0 Å². The highest BCUT2D eigenvalue weighted by Crippen LogP contribution is 2.12. The van der Waals surface area contributed by atoms with Crippen molar-refractivity contribution in [2.75, 3.05) is 0 Å². The Morgan fingerprint density at radius 3 is 2.45 bits per heavy atom. The van der Waals surface area contributed by atoms with E-state index in [9.17, 15) is 18.4 Å². The Balaban J connectivity index is 2.52. The molecule has 1 rings (SSSR count). The Bertz CT molecular complexity index is 532. The predicted molar refractivity (Wildman–Crippen MR) is 78.3 cm³/mol. The Hall–Kier alpha value is -1.98. The number of benzene rings is 1. The fourth-order valence-electron chi connectivity index (χ4n) is 2.23. The van der Waals surface area contributed by atoms with E-state index in [1.165, 1.54) is 6.07 Å². The van der Waals surface area contributed by atoms with Crippen molar-refractivity contribution >= 4 is 11.9 Å². The first-order chi connectivity index (χ1) is 10.3. The summed E-state index contributed by atoms with van der Waals surface area (Å²) in [4.78, 5) is 22.7. The standard InChI is InChI=1S/C16H21F2NO3/c1-10(2)7-12(9-16(21)22)19-15(20)6-4-11-3-5-13(17)14(18)8-11/h3,5,8,10,12H,4,6-7,9H2,1-2H3,(H,19,20)(H,21,22)/t12-/m0/s1. The van der Waals surface area contributed by atoms with Crippen LogP contribution in [0.4, 0.5) is 8.78 Å². The third-order valence-corrected chi connectivity index (χ3v) is 3.17. The number of carbonyl (C=O) groups is 2. The Kier molecular flexibility index (Phi) is 6.95. The maximum absolute atomic E-state index is 13.1. The van der Waals surface area contributed by atoms with Gasteiger partial charge in [-0.05, 0) is 36.5 Å². The van der Waals surface area contributed by atoms with E-state index in [-0.39, 0.29) is 31.1 Å². The molecule has 1 atom stereocenters. The number of carboxylic acid groups (broad SMARTS) is 1. The van der Waals surface area contributed by atoms with Gasteiger partial charge in [-0.15, -0.1) is 0 Å². The van der Waals surface area contributed by atoms with E-state index in [0.717, 1.165) is 12.1 Å². The third-order valence-electron chi connectivity index (χ3n) is 3.17. The molecule has 122 valence electrons. The maximum atomic E-state index is 13.1. The molecule has 0 aliphatic carbocycles. The molecule has 0 unspecified atom stereocenters. The van der Waals surface area contributed by atoms with E-state index in [4.69, 9.17) is 5.11 Å². The summed E-state index contributed by atoms with van der Waals surface area (Å²) in [6.07, 6.45) is 0.808. The summed E-state index contributed by atoms with van der Waals surface area (Å²) in [5, 5.41) is 11.5. The quantitative estimate of drug-likeness (QED) is 0.775. The van der Waals surface area contributed by atoms with Crippen LogP contribution < -0.4 is 5.32 Å². The van der Waals surface area contributed by atoms with Crippen LogP contribution in [0.5, 0.6) is 0 Å². The lowest BCUT2D eigenvalue weighted by Gasteiger charge is -2.19. The third kappa shape index (κ3) is 6.65. The zero-order valence-corrected chi connectivity index (χ0v) is 12.7. The van der Waals surface area contributed by atoms with Gasteiger partial charge in [-0.25, -0.2) is 8.78 Å². The largest absolute Gasteiger partial charge is 0.481 e.